The van der Waals surface area contributed by atoms with E-state index in [1.165, 1.54) is 5.57 Å². The summed E-state index contributed by atoms with van der Waals surface area (Å²) in [6.45, 7) is 8.03. The molecule has 0 spiro atoms. The van der Waals surface area contributed by atoms with Crippen LogP contribution in [0, 0.1) is 23.2 Å². The summed E-state index contributed by atoms with van der Waals surface area (Å²) in [5.41, 5.74) is -2.08. The average molecular weight is 525 g/mol. The first-order chi connectivity index (χ1) is 16.5. The predicted molar refractivity (Wildman–Crippen MR) is 125 cm³/mol. The third-order valence-corrected chi connectivity index (χ3v) is 9.12. The number of fused-ring (bicyclic) bond motifs is 1. The van der Waals surface area contributed by atoms with Crippen LogP contribution in [-0.2, 0) is 0 Å². The number of rotatable bonds is 6. The Morgan fingerprint density at radius 1 is 1.08 bits per heavy atom. The van der Waals surface area contributed by atoms with Crippen LogP contribution in [-0.4, -0.2) is 45.5 Å². The van der Waals surface area contributed by atoms with E-state index in [1.807, 2.05) is 13.0 Å². The highest BCUT2D eigenvalue weighted by Crippen LogP contribution is 2.60. The highest BCUT2D eigenvalue weighted by Gasteiger charge is 2.69. The van der Waals surface area contributed by atoms with Crippen LogP contribution in [0.15, 0.2) is 35.5 Å². The second-order valence-corrected chi connectivity index (χ2v) is 11.4. The zero-order valence-electron chi connectivity index (χ0n) is 20.9. The molecule has 0 bridgehead atoms. The topological polar surface area (TPSA) is 60.7 Å². The summed E-state index contributed by atoms with van der Waals surface area (Å²) in [6.07, 6.45) is -5.24. The highest BCUT2D eigenvalue weighted by molar-refractivity contribution is 5.38. The molecular weight excluding hydrogens is 486 g/mol. The van der Waals surface area contributed by atoms with Gasteiger partial charge in [0.1, 0.15) is 0 Å². The van der Waals surface area contributed by atoms with Crippen molar-refractivity contribution in [1.82, 2.24) is 0 Å². The summed E-state index contributed by atoms with van der Waals surface area (Å²) in [4.78, 5) is 0. The molecule has 6 atom stereocenters. The molecule has 3 saturated carbocycles. The number of allylic oxidation sites excluding steroid dienone is 3. The Morgan fingerprint density at radius 2 is 1.72 bits per heavy atom. The maximum absolute atomic E-state index is 13.0. The molecule has 0 radical (unpaired) electrons. The van der Waals surface area contributed by atoms with Crippen LogP contribution in [0.1, 0.15) is 78.1 Å². The fraction of sp³-hybridized carbons (Fsp3) is 0.778. The molecule has 0 aliphatic heterocycles. The van der Waals surface area contributed by atoms with E-state index in [4.69, 9.17) is 0 Å². The molecule has 3 aliphatic carbocycles. The van der Waals surface area contributed by atoms with Gasteiger partial charge in [0.05, 0.1) is 12.2 Å². The van der Waals surface area contributed by atoms with E-state index >= 15 is 0 Å². The van der Waals surface area contributed by atoms with Gasteiger partial charge in [-0.2, -0.15) is 26.3 Å². The molecule has 206 valence electrons. The first-order valence-corrected chi connectivity index (χ1v) is 12.8. The summed E-state index contributed by atoms with van der Waals surface area (Å²) in [7, 11) is 0. The van der Waals surface area contributed by atoms with Crippen molar-refractivity contribution < 1.29 is 41.7 Å². The van der Waals surface area contributed by atoms with Crippen LogP contribution in [0.25, 0.3) is 0 Å². The molecule has 0 aromatic rings. The first kappa shape index (κ1) is 29.2. The van der Waals surface area contributed by atoms with Crippen molar-refractivity contribution in [2.45, 2.75) is 108 Å². The van der Waals surface area contributed by atoms with Gasteiger partial charge in [-0.1, -0.05) is 44.6 Å². The van der Waals surface area contributed by atoms with Gasteiger partial charge < -0.3 is 15.3 Å². The maximum atomic E-state index is 13.0. The van der Waals surface area contributed by atoms with Crippen molar-refractivity contribution in [3.63, 3.8) is 0 Å². The minimum atomic E-state index is -5.77. The molecule has 3 aliphatic rings. The lowest BCUT2D eigenvalue weighted by molar-refractivity contribution is -0.370. The fourth-order valence-corrected chi connectivity index (χ4v) is 7.00. The number of hydrogen-bond donors (Lipinski definition) is 3. The van der Waals surface area contributed by atoms with Crippen LogP contribution >= 0.6 is 0 Å². The Bertz CT molecular complexity index is 860. The van der Waals surface area contributed by atoms with Gasteiger partial charge in [0.15, 0.2) is 0 Å². The van der Waals surface area contributed by atoms with Crippen LogP contribution in [0.5, 0.6) is 0 Å². The SMILES string of the molecule is C=C1C(=CC=C2CCC[C@]3(C)[C@@H]([C@@H](C)CCCC(O)(C(F)(F)F)C(F)(F)F)CC[C@@H]23)C[C@@H](O)C[C@@H]1O. The maximum Gasteiger partial charge on any atom is 0.426 e. The molecule has 3 fully saturated rings. The molecular formula is C27H38F6O3. The molecule has 36 heavy (non-hydrogen) atoms. The Hall–Kier alpha value is -1.32. The number of aliphatic hydroxyl groups is 3. The Labute approximate surface area is 209 Å². The smallest absolute Gasteiger partial charge is 0.393 e. The van der Waals surface area contributed by atoms with Gasteiger partial charge in [-0.25, -0.2) is 0 Å². The normalized spacial score (nSPS) is 35.4. The quantitative estimate of drug-likeness (QED) is 0.336. The number of hydrogen-bond acceptors (Lipinski definition) is 3. The predicted octanol–water partition coefficient (Wildman–Crippen LogP) is 6.79. The van der Waals surface area contributed by atoms with Gasteiger partial charge in [-0.3, -0.25) is 0 Å². The largest absolute Gasteiger partial charge is 0.426 e. The molecule has 0 heterocycles. The zero-order valence-corrected chi connectivity index (χ0v) is 20.9. The Balaban J connectivity index is 1.69. The molecule has 0 saturated heterocycles. The molecule has 9 heteroatoms. The van der Waals surface area contributed by atoms with Gasteiger partial charge in [0, 0.05) is 6.42 Å². The molecule has 3 rings (SSSR count). The Kier molecular flexibility index (Phi) is 8.48. The number of alkyl halides is 6. The van der Waals surface area contributed by atoms with Crippen LogP contribution in [0.3, 0.4) is 0 Å². The molecule has 3 N–H and O–H groups in total. The number of halogens is 6. The van der Waals surface area contributed by atoms with E-state index in [1.54, 1.807) is 0 Å². The lowest BCUT2D eigenvalue weighted by Gasteiger charge is -2.44. The zero-order chi connectivity index (χ0) is 27.1. The van der Waals surface area contributed by atoms with Crippen molar-refractivity contribution in [2.75, 3.05) is 0 Å². The third-order valence-electron chi connectivity index (χ3n) is 9.12. The molecule has 0 amide bonds. The van der Waals surface area contributed by atoms with Crippen LogP contribution < -0.4 is 0 Å². The van der Waals surface area contributed by atoms with E-state index in [0.717, 1.165) is 37.7 Å². The minimum absolute atomic E-state index is 0.0770. The number of aliphatic hydroxyl groups excluding tert-OH is 2. The van der Waals surface area contributed by atoms with E-state index in [0.29, 0.717) is 12.0 Å². The van der Waals surface area contributed by atoms with Crippen molar-refractivity contribution in [1.29, 1.82) is 0 Å². The van der Waals surface area contributed by atoms with E-state index < -0.39 is 36.6 Å². The van der Waals surface area contributed by atoms with Gasteiger partial charge in [-0.05, 0) is 85.7 Å². The second kappa shape index (κ2) is 10.4. The second-order valence-electron chi connectivity index (χ2n) is 11.4. The van der Waals surface area contributed by atoms with E-state index in [9.17, 15) is 41.7 Å². The van der Waals surface area contributed by atoms with Gasteiger partial charge in [0.2, 0.25) is 0 Å². The summed E-state index contributed by atoms with van der Waals surface area (Å²) in [6, 6.07) is 0. The summed E-state index contributed by atoms with van der Waals surface area (Å²) in [5, 5.41) is 29.5. The minimum Gasteiger partial charge on any atom is -0.393 e. The summed E-state index contributed by atoms with van der Waals surface area (Å²) in [5.74, 6) is 0.355. The first-order valence-electron chi connectivity index (χ1n) is 12.8. The van der Waals surface area contributed by atoms with Gasteiger partial charge in [0.25, 0.3) is 5.60 Å². The third kappa shape index (κ3) is 5.58. The standard InChI is InChI=1S/C27H38F6O3/c1-16(6-4-13-25(36,26(28,29)30)27(31,32)33)21-10-11-22-18(7-5-12-24(21,22)3)8-9-19-14-20(34)15-23(35)17(19)2/h8-9,16,20-23,34-36H,2,4-7,10-15H2,1,3H3/t16-,20+,21+,22-,23-,24+/m0/s1. The molecule has 0 aromatic heterocycles. The molecule has 3 nitrogen and oxygen atoms in total. The molecule has 0 aromatic carbocycles. The van der Waals surface area contributed by atoms with Crippen LogP contribution in [0.4, 0.5) is 26.3 Å². The summed E-state index contributed by atoms with van der Waals surface area (Å²) >= 11 is 0. The van der Waals surface area contributed by atoms with E-state index in [-0.39, 0.29) is 42.4 Å². The van der Waals surface area contributed by atoms with Gasteiger partial charge >= 0.3 is 12.4 Å². The van der Waals surface area contributed by atoms with Crippen LogP contribution in [0.2, 0.25) is 0 Å². The highest BCUT2D eigenvalue weighted by atomic mass is 19.4. The average Bonchev–Trinajstić information content (AvgIpc) is 3.11. The Morgan fingerprint density at radius 3 is 2.33 bits per heavy atom. The van der Waals surface area contributed by atoms with Crippen molar-refractivity contribution in [2.24, 2.45) is 23.2 Å². The lowest BCUT2D eigenvalue weighted by atomic mass is 9.60. The van der Waals surface area contributed by atoms with Crippen molar-refractivity contribution >= 4 is 0 Å². The van der Waals surface area contributed by atoms with Crippen molar-refractivity contribution in [3.8, 4) is 0 Å². The monoisotopic (exact) mass is 524 g/mol. The van der Waals surface area contributed by atoms with Gasteiger partial charge in [-0.15, -0.1) is 0 Å². The van der Waals surface area contributed by atoms with Crippen molar-refractivity contribution in [3.05, 3.63) is 35.5 Å². The fourth-order valence-electron chi connectivity index (χ4n) is 7.00. The van der Waals surface area contributed by atoms with E-state index in [2.05, 4.69) is 19.6 Å². The summed E-state index contributed by atoms with van der Waals surface area (Å²) < 4.78 is 78.1. The lowest BCUT2D eigenvalue weighted by Crippen LogP contribution is -2.56. The molecule has 0 unspecified atom stereocenters.